The fourth-order valence-electron chi connectivity index (χ4n) is 6.63. The van der Waals surface area contributed by atoms with E-state index in [-0.39, 0.29) is 24.6 Å². The largest absolute Gasteiger partial charge is 0.461 e. The Labute approximate surface area is 138 Å². The van der Waals surface area contributed by atoms with E-state index in [1.165, 1.54) is 51.4 Å². The molecule has 1 saturated heterocycles. The third-order valence-electron chi connectivity index (χ3n) is 8.14. The van der Waals surface area contributed by atoms with Crippen LogP contribution in [0.2, 0.25) is 0 Å². The number of hydrogen-bond acceptors (Lipinski definition) is 4. The molecule has 5 aliphatic rings. The third kappa shape index (κ3) is 2.07. The smallest absolute Gasteiger partial charge is 0.310 e. The number of carbonyl (C=O) groups excluding carboxylic acids is 1. The van der Waals surface area contributed by atoms with Gasteiger partial charge in [0.15, 0.2) is 0 Å². The van der Waals surface area contributed by atoms with E-state index in [4.69, 9.17) is 9.84 Å². The number of aliphatic hydroxyl groups excluding tert-OH is 1. The van der Waals surface area contributed by atoms with Crippen molar-refractivity contribution in [3.63, 3.8) is 0 Å². The summed E-state index contributed by atoms with van der Waals surface area (Å²) in [4.78, 5) is 12.5. The second-order valence-corrected chi connectivity index (χ2v) is 9.03. The first kappa shape index (κ1) is 14.7. The van der Waals surface area contributed by atoms with Gasteiger partial charge >= 0.3 is 5.97 Å². The van der Waals surface area contributed by atoms with Crippen LogP contribution in [-0.4, -0.2) is 36.9 Å². The molecule has 5 rings (SSSR count). The summed E-state index contributed by atoms with van der Waals surface area (Å²) < 4.78 is 6.06. The van der Waals surface area contributed by atoms with E-state index < -0.39 is 0 Å². The second-order valence-electron chi connectivity index (χ2n) is 9.03. The van der Waals surface area contributed by atoms with Crippen LogP contribution in [-0.2, 0) is 9.53 Å². The van der Waals surface area contributed by atoms with Crippen LogP contribution in [0, 0.1) is 34.5 Å². The van der Waals surface area contributed by atoms with Gasteiger partial charge in [-0.1, -0.05) is 0 Å². The van der Waals surface area contributed by atoms with Gasteiger partial charge < -0.3 is 15.2 Å². The van der Waals surface area contributed by atoms with Crippen molar-refractivity contribution in [2.24, 2.45) is 34.5 Å². The summed E-state index contributed by atoms with van der Waals surface area (Å²) in [7, 11) is 0. The average molecular weight is 319 g/mol. The summed E-state index contributed by atoms with van der Waals surface area (Å²) in [5.74, 6) is 1.94. The van der Waals surface area contributed by atoms with Gasteiger partial charge in [-0.25, -0.2) is 0 Å². The van der Waals surface area contributed by atoms with Crippen molar-refractivity contribution in [2.75, 3.05) is 19.7 Å². The zero-order chi connectivity index (χ0) is 15.7. The highest BCUT2D eigenvalue weighted by Crippen LogP contribution is 2.74. The molecular formula is C19H29NO3. The Kier molecular flexibility index (Phi) is 3.17. The summed E-state index contributed by atoms with van der Waals surface area (Å²) in [6, 6.07) is 0. The maximum absolute atomic E-state index is 12.5. The number of ether oxygens (including phenoxy) is 1. The molecule has 4 heteroatoms. The van der Waals surface area contributed by atoms with Crippen LogP contribution < -0.4 is 5.32 Å². The van der Waals surface area contributed by atoms with Crippen molar-refractivity contribution in [1.82, 2.24) is 5.32 Å². The minimum atomic E-state index is 0.0116. The molecule has 128 valence electrons. The second kappa shape index (κ2) is 4.95. The summed E-state index contributed by atoms with van der Waals surface area (Å²) in [6.07, 6.45) is 11.0. The number of carbonyl (C=O) groups is 1. The zero-order valence-corrected chi connectivity index (χ0v) is 13.9. The predicted octanol–water partition coefficient (Wildman–Crippen LogP) is 2.11. The van der Waals surface area contributed by atoms with E-state index in [1.54, 1.807) is 0 Å². The molecule has 5 fully saturated rings. The lowest BCUT2D eigenvalue weighted by Gasteiger charge is -2.33. The fraction of sp³-hybridized carbons (Fsp3) is 0.947. The molecule has 23 heavy (non-hydrogen) atoms. The summed E-state index contributed by atoms with van der Waals surface area (Å²) in [6.45, 7) is 1.38. The van der Waals surface area contributed by atoms with Crippen molar-refractivity contribution >= 4 is 5.97 Å². The molecule has 4 aliphatic carbocycles. The lowest BCUT2D eigenvalue weighted by atomic mass is 9.73. The fourth-order valence-corrected chi connectivity index (χ4v) is 6.63. The Morgan fingerprint density at radius 3 is 2.52 bits per heavy atom. The number of hydrogen-bond donors (Lipinski definition) is 2. The van der Waals surface area contributed by atoms with Crippen molar-refractivity contribution in [3.05, 3.63) is 0 Å². The van der Waals surface area contributed by atoms with Gasteiger partial charge in [-0.2, -0.15) is 0 Å². The Morgan fingerprint density at radius 1 is 1.09 bits per heavy atom. The van der Waals surface area contributed by atoms with E-state index in [0.717, 1.165) is 5.92 Å². The molecule has 4 nitrogen and oxygen atoms in total. The van der Waals surface area contributed by atoms with Gasteiger partial charge in [-0.15, -0.1) is 0 Å². The SMILES string of the molecule is O=C1O[C@H]2[C@@H](CCC3(CC3)[C@@H]3CCC4(CC4)[C@H]23)[C@@H]1CNCCO. The van der Waals surface area contributed by atoms with E-state index in [9.17, 15) is 4.79 Å². The third-order valence-corrected chi connectivity index (χ3v) is 8.14. The van der Waals surface area contributed by atoms with Crippen LogP contribution in [0.15, 0.2) is 0 Å². The first-order valence-corrected chi connectivity index (χ1v) is 9.71. The zero-order valence-electron chi connectivity index (χ0n) is 13.9. The molecule has 0 unspecified atom stereocenters. The standard InChI is InChI=1S/C19H29NO3/c21-10-9-20-11-13-12-1-3-18(5-6-18)14-2-4-19(7-8-19)15(14)16(12)23-17(13)22/h12-16,20-21H,1-11H2/t12-,13-,14+,15-,16-/m0/s1. The molecule has 0 bridgehead atoms. The molecule has 1 aliphatic heterocycles. The monoisotopic (exact) mass is 319 g/mol. The molecule has 0 radical (unpaired) electrons. The minimum Gasteiger partial charge on any atom is -0.461 e. The molecule has 4 saturated carbocycles. The normalized spacial score (nSPS) is 44.7. The van der Waals surface area contributed by atoms with Crippen molar-refractivity contribution in [3.8, 4) is 0 Å². The van der Waals surface area contributed by atoms with E-state index in [0.29, 0.717) is 35.8 Å². The lowest BCUT2D eigenvalue weighted by molar-refractivity contribution is -0.147. The molecule has 0 aromatic heterocycles. The van der Waals surface area contributed by atoms with Crippen LogP contribution in [0.1, 0.15) is 51.4 Å². The number of rotatable bonds is 4. The summed E-state index contributed by atoms with van der Waals surface area (Å²) >= 11 is 0. The van der Waals surface area contributed by atoms with E-state index >= 15 is 0 Å². The molecule has 1 heterocycles. The van der Waals surface area contributed by atoms with Gasteiger partial charge in [-0.05, 0) is 68.1 Å². The summed E-state index contributed by atoms with van der Waals surface area (Å²) in [5, 5.41) is 12.2. The van der Waals surface area contributed by atoms with Gasteiger partial charge in [0.25, 0.3) is 0 Å². The van der Waals surface area contributed by atoms with Gasteiger partial charge in [0.1, 0.15) is 6.10 Å². The maximum atomic E-state index is 12.5. The van der Waals surface area contributed by atoms with Gasteiger partial charge in [-0.3, -0.25) is 4.79 Å². The number of fused-ring (bicyclic) bond motifs is 5. The van der Waals surface area contributed by atoms with E-state index in [2.05, 4.69) is 5.32 Å². The van der Waals surface area contributed by atoms with Crippen LogP contribution in [0.5, 0.6) is 0 Å². The Bertz CT molecular complexity index is 511. The lowest BCUT2D eigenvalue weighted by Crippen LogP contribution is -2.37. The highest BCUT2D eigenvalue weighted by Gasteiger charge is 2.69. The molecule has 2 spiro atoms. The van der Waals surface area contributed by atoms with Crippen LogP contribution in [0.25, 0.3) is 0 Å². The Hall–Kier alpha value is -0.610. The Morgan fingerprint density at radius 2 is 1.83 bits per heavy atom. The van der Waals surface area contributed by atoms with Crippen molar-refractivity contribution in [2.45, 2.75) is 57.5 Å². The van der Waals surface area contributed by atoms with E-state index in [1.807, 2.05) is 0 Å². The quantitative estimate of drug-likeness (QED) is 0.615. The molecule has 2 N–H and O–H groups in total. The Balaban J connectivity index is 1.43. The molecule has 0 aromatic rings. The number of nitrogens with one attached hydrogen (secondary N) is 1. The molecular weight excluding hydrogens is 290 g/mol. The average Bonchev–Trinajstić information content (AvgIpc) is 3.42. The summed E-state index contributed by atoms with van der Waals surface area (Å²) in [5.41, 5.74) is 1.16. The van der Waals surface area contributed by atoms with Gasteiger partial charge in [0, 0.05) is 24.9 Å². The number of esters is 1. The highest BCUT2D eigenvalue weighted by atomic mass is 16.6. The number of aliphatic hydroxyl groups is 1. The molecule has 0 amide bonds. The van der Waals surface area contributed by atoms with Gasteiger partial charge in [0.05, 0.1) is 12.5 Å². The van der Waals surface area contributed by atoms with Gasteiger partial charge in [0.2, 0.25) is 0 Å². The molecule has 5 atom stereocenters. The predicted molar refractivity (Wildman–Crippen MR) is 85.6 cm³/mol. The minimum absolute atomic E-state index is 0.0116. The first-order chi connectivity index (χ1) is 11.2. The topological polar surface area (TPSA) is 58.6 Å². The molecule has 0 aromatic carbocycles. The first-order valence-electron chi connectivity index (χ1n) is 9.71. The highest BCUT2D eigenvalue weighted by molar-refractivity contribution is 5.75. The maximum Gasteiger partial charge on any atom is 0.310 e. The van der Waals surface area contributed by atoms with Crippen LogP contribution in [0.4, 0.5) is 0 Å². The van der Waals surface area contributed by atoms with Crippen molar-refractivity contribution in [1.29, 1.82) is 0 Å². The van der Waals surface area contributed by atoms with Crippen LogP contribution in [0.3, 0.4) is 0 Å². The van der Waals surface area contributed by atoms with Crippen LogP contribution >= 0.6 is 0 Å². The van der Waals surface area contributed by atoms with Crippen molar-refractivity contribution < 1.29 is 14.6 Å².